The fraction of sp³-hybridized carbons (Fsp3) is 0.471. The van der Waals surface area contributed by atoms with Gasteiger partial charge in [-0.1, -0.05) is 19.9 Å². The number of fused-ring (bicyclic) bond motifs is 1. The van der Waals surface area contributed by atoms with E-state index in [1.807, 2.05) is 13.8 Å². The molecule has 1 aliphatic heterocycles. The van der Waals surface area contributed by atoms with Crippen molar-refractivity contribution in [1.82, 2.24) is 10.2 Å². The van der Waals surface area contributed by atoms with Gasteiger partial charge in [0, 0.05) is 20.0 Å². The van der Waals surface area contributed by atoms with Crippen LogP contribution < -0.4 is 5.32 Å². The van der Waals surface area contributed by atoms with Crippen LogP contribution in [0, 0.1) is 12.7 Å². The van der Waals surface area contributed by atoms with Crippen LogP contribution in [0.3, 0.4) is 0 Å². The van der Waals surface area contributed by atoms with E-state index in [-0.39, 0.29) is 30.9 Å². The average molecular weight is 322 g/mol. The van der Waals surface area contributed by atoms with Crippen molar-refractivity contribution >= 4 is 18.1 Å². The molecule has 0 saturated carbocycles. The summed E-state index contributed by atoms with van der Waals surface area (Å²) in [4.78, 5) is 36.3. The number of carbonyl (C=O) groups excluding carboxylic acids is 3. The Kier molecular flexibility index (Phi) is 6.88. The SMILES string of the molecule is CC.CNC(=O)C(CCC=O)N1Cc2c(C)ccc(F)c2C1=O. The molecule has 1 heterocycles. The lowest BCUT2D eigenvalue weighted by molar-refractivity contribution is -0.125. The lowest BCUT2D eigenvalue weighted by atomic mass is 10.0. The summed E-state index contributed by atoms with van der Waals surface area (Å²) in [6, 6.07) is 2.11. The highest BCUT2D eigenvalue weighted by Crippen LogP contribution is 2.30. The number of benzene rings is 1. The fourth-order valence-electron chi connectivity index (χ4n) is 2.62. The molecular formula is C17H23FN2O3. The van der Waals surface area contributed by atoms with Crippen molar-refractivity contribution in [2.24, 2.45) is 0 Å². The summed E-state index contributed by atoms with van der Waals surface area (Å²) in [5.41, 5.74) is 1.46. The number of likely N-dealkylation sites (N-methyl/N-ethyl adjacent to an activating group) is 1. The zero-order valence-corrected chi connectivity index (χ0v) is 14.0. The molecule has 0 fully saturated rings. The molecule has 2 amide bonds. The largest absolute Gasteiger partial charge is 0.357 e. The highest BCUT2D eigenvalue weighted by Gasteiger charge is 2.38. The quantitative estimate of drug-likeness (QED) is 0.845. The van der Waals surface area contributed by atoms with E-state index in [1.54, 1.807) is 13.0 Å². The molecule has 1 unspecified atom stereocenters. The molecular weight excluding hydrogens is 299 g/mol. The van der Waals surface area contributed by atoms with Crippen molar-refractivity contribution in [1.29, 1.82) is 0 Å². The molecule has 5 nitrogen and oxygen atoms in total. The van der Waals surface area contributed by atoms with Gasteiger partial charge in [-0.2, -0.15) is 0 Å². The van der Waals surface area contributed by atoms with Crippen LogP contribution in [-0.4, -0.2) is 36.1 Å². The van der Waals surface area contributed by atoms with Gasteiger partial charge in [-0.3, -0.25) is 9.59 Å². The Morgan fingerprint density at radius 1 is 1.43 bits per heavy atom. The van der Waals surface area contributed by atoms with E-state index in [2.05, 4.69) is 5.32 Å². The van der Waals surface area contributed by atoms with Crippen molar-refractivity contribution in [2.45, 2.75) is 46.2 Å². The van der Waals surface area contributed by atoms with E-state index < -0.39 is 17.8 Å². The molecule has 126 valence electrons. The minimum Gasteiger partial charge on any atom is -0.357 e. The minimum atomic E-state index is -0.765. The first kappa shape index (κ1) is 18.8. The van der Waals surface area contributed by atoms with Gasteiger partial charge in [0.05, 0.1) is 5.56 Å². The number of halogens is 1. The van der Waals surface area contributed by atoms with Gasteiger partial charge in [-0.05, 0) is 30.5 Å². The van der Waals surface area contributed by atoms with Crippen molar-refractivity contribution < 1.29 is 18.8 Å². The van der Waals surface area contributed by atoms with E-state index in [9.17, 15) is 18.8 Å². The summed E-state index contributed by atoms with van der Waals surface area (Å²) in [5, 5.41) is 2.48. The number of hydrogen-bond acceptors (Lipinski definition) is 3. The zero-order chi connectivity index (χ0) is 17.6. The van der Waals surface area contributed by atoms with E-state index in [4.69, 9.17) is 0 Å². The summed E-state index contributed by atoms with van der Waals surface area (Å²) < 4.78 is 13.9. The first-order valence-electron chi connectivity index (χ1n) is 7.75. The smallest absolute Gasteiger partial charge is 0.258 e. The van der Waals surface area contributed by atoms with Crippen LogP contribution in [0.5, 0.6) is 0 Å². The topological polar surface area (TPSA) is 66.5 Å². The van der Waals surface area contributed by atoms with E-state index in [1.165, 1.54) is 18.0 Å². The van der Waals surface area contributed by atoms with E-state index in [0.29, 0.717) is 11.8 Å². The average Bonchev–Trinajstić information content (AvgIpc) is 2.92. The van der Waals surface area contributed by atoms with Gasteiger partial charge >= 0.3 is 0 Å². The summed E-state index contributed by atoms with van der Waals surface area (Å²) in [5.74, 6) is -1.42. The molecule has 1 aliphatic rings. The van der Waals surface area contributed by atoms with Gasteiger partial charge in [0.1, 0.15) is 18.1 Å². The van der Waals surface area contributed by atoms with Gasteiger partial charge in [0.15, 0.2) is 0 Å². The molecule has 0 aliphatic carbocycles. The van der Waals surface area contributed by atoms with Crippen molar-refractivity contribution in [2.75, 3.05) is 7.05 Å². The monoisotopic (exact) mass is 322 g/mol. The number of aryl methyl sites for hydroxylation is 1. The van der Waals surface area contributed by atoms with Gasteiger partial charge in [0.2, 0.25) is 5.91 Å². The third-order valence-corrected chi connectivity index (χ3v) is 3.78. The van der Waals surface area contributed by atoms with Crippen LogP contribution in [0.1, 0.15) is 48.2 Å². The molecule has 0 radical (unpaired) electrons. The highest BCUT2D eigenvalue weighted by molar-refractivity contribution is 6.01. The Hall–Kier alpha value is -2.24. The lowest BCUT2D eigenvalue weighted by Crippen LogP contribution is -2.46. The number of nitrogens with zero attached hydrogens (tertiary/aromatic N) is 1. The maximum atomic E-state index is 13.9. The fourth-order valence-corrected chi connectivity index (χ4v) is 2.62. The minimum absolute atomic E-state index is 0.0370. The van der Waals surface area contributed by atoms with Gasteiger partial charge < -0.3 is 15.0 Å². The van der Waals surface area contributed by atoms with Crippen LogP contribution in [0.2, 0.25) is 0 Å². The first-order valence-corrected chi connectivity index (χ1v) is 7.75. The van der Waals surface area contributed by atoms with Crippen LogP contribution in [-0.2, 0) is 16.1 Å². The van der Waals surface area contributed by atoms with Crippen molar-refractivity contribution in [3.05, 3.63) is 34.6 Å². The third-order valence-electron chi connectivity index (χ3n) is 3.78. The summed E-state index contributed by atoms with van der Waals surface area (Å²) in [6.45, 7) is 5.99. The predicted molar refractivity (Wildman–Crippen MR) is 85.5 cm³/mol. The number of nitrogens with one attached hydrogen (secondary N) is 1. The second kappa shape index (κ2) is 8.41. The van der Waals surface area contributed by atoms with Crippen molar-refractivity contribution in [3.63, 3.8) is 0 Å². The van der Waals surface area contributed by atoms with Gasteiger partial charge in [0.25, 0.3) is 5.91 Å². The third kappa shape index (κ3) is 3.75. The maximum Gasteiger partial charge on any atom is 0.258 e. The molecule has 6 heteroatoms. The zero-order valence-electron chi connectivity index (χ0n) is 14.0. The lowest BCUT2D eigenvalue weighted by Gasteiger charge is -2.25. The van der Waals surface area contributed by atoms with Gasteiger partial charge in [-0.15, -0.1) is 0 Å². The van der Waals surface area contributed by atoms with E-state index in [0.717, 1.165) is 5.56 Å². The predicted octanol–water partition coefficient (Wildman–Crippen LogP) is 2.21. The molecule has 2 rings (SSSR count). The number of rotatable bonds is 5. The Bertz CT molecular complexity index is 602. The molecule has 1 N–H and O–H groups in total. The molecule has 1 aromatic rings. The van der Waals surface area contributed by atoms with Gasteiger partial charge in [-0.25, -0.2) is 4.39 Å². The molecule has 0 saturated heterocycles. The molecule has 0 bridgehead atoms. The summed E-state index contributed by atoms with van der Waals surface area (Å²) in [6.07, 6.45) is 1.10. The number of carbonyl (C=O) groups is 3. The number of amides is 2. The normalized spacial score (nSPS) is 13.8. The molecule has 23 heavy (non-hydrogen) atoms. The number of aldehydes is 1. The highest BCUT2D eigenvalue weighted by atomic mass is 19.1. The number of hydrogen-bond donors (Lipinski definition) is 1. The summed E-state index contributed by atoms with van der Waals surface area (Å²) in [7, 11) is 1.47. The second-order valence-corrected chi connectivity index (χ2v) is 5.02. The Balaban J connectivity index is 0.00000127. The molecule has 1 aromatic carbocycles. The maximum absolute atomic E-state index is 13.9. The Labute approximate surface area is 135 Å². The van der Waals surface area contributed by atoms with Crippen LogP contribution in [0.25, 0.3) is 0 Å². The van der Waals surface area contributed by atoms with Crippen LogP contribution >= 0.6 is 0 Å². The molecule has 0 spiro atoms. The molecule has 1 atom stereocenters. The standard InChI is InChI=1S/C15H17FN2O3.C2H6/c1-9-5-6-11(16)13-10(9)8-18(15(13)21)12(4-3-7-19)14(20)17-2;1-2/h5-7,12H,3-4,8H2,1-2H3,(H,17,20);1-2H3. The molecule has 0 aromatic heterocycles. The Morgan fingerprint density at radius 3 is 2.61 bits per heavy atom. The van der Waals surface area contributed by atoms with Crippen molar-refractivity contribution in [3.8, 4) is 0 Å². The van der Waals surface area contributed by atoms with Crippen LogP contribution in [0.15, 0.2) is 12.1 Å². The second-order valence-electron chi connectivity index (χ2n) is 5.02. The first-order chi connectivity index (χ1) is 11.0. The van der Waals surface area contributed by atoms with E-state index >= 15 is 0 Å². The van der Waals surface area contributed by atoms with Crippen LogP contribution in [0.4, 0.5) is 4.39 Å². The Morgan fingerprint density at radius 2 is 2.09 bits per heavy atom. The summed E-state index contributed by atoms with van der Waals surface area (Å²) >= 11 is 0.